The molecular formula is C25H34N2O7. The van der Waals surface area contributed by atoms with Crippen LogP contribution in [0.4, 0.5) is 0 Å². The number of aliphatic hydroxyl groups is 1. The van der Waals surface area contributed by atoms with Gasteiger partial charge in [-0.25, -0.2) is 9.59 Å². The topological polar surface area (TPSA) is 136 Å². The van der Waals surface area contributed by atoms with E-state index in [2.05, 4.69) is 24.1 Å². The Morgan fingerprint density at radius 1 is 0.912 bits per heavy atom. The van der Waals surface area contributed by atoms with Crippen LogP contribution in [0.15, 0.2) is 54.6 Å². The number of aliphatic hydroxyl groups excluding tert-OH is 1. The Bertz CT molecular complexity index is 857. The standard InChI is InChI=1S/C23H32N2O3.C2H2O4/c1-3-25(4-2)16-8-15-24-17-21(26)18-28-22-13-11-20(12-14-22)23(27)19-9-6-5-7-10-19;3-1(4)2(5)6/h5-7,9-14,21,24,26H,3-4,8,15-18H2,1-2H3;(H,3,4)(H,5,6). The van der Waals surface area contributed by atoms with Crippen molar-refractivity contribution < 1.29 is 34.4 Å². The summed E-state index contributed by atoms with van der Waals surface area (Å²) in [6.45, 7) is 9.15. The number of benzene rings is 2. The van der Waals surface area contributed by atoms with Crippen molar-refractivity contribution in [2.75, 3.05) is 39.3 Å². The van der Waals surface area contributed by atoms with Gasteiger partial charge in [-0.1, -0.05) is 44.2 Å². The molecule has 0 saturated heterocycles. The fourth-order valence-corrected chi connectivity index (χ4v) is 2.95. The second-order valence-corrected chi connectivity index (χ2v) is 7.38. The summed E-state index contributed by atoms with van der Waals surface area (Å²) >= 11 is 0. The van der Waals surface area contributed by atoms with Gasteiger partial charge < -0.3 is 30.3 Å². The van der Waals surface area contributed by atoms with E-state index < -0.39 is 18.0 Å². The van der Waals surface area contributed by atoms with Crippen LogP contribution < -0.4 is 10.1 Å². The molecule has 9 nitrogen and oxygen atoms in total. The number of hydrogen-bond donors (Lipinski definition) is 4. The molecular weight excluding hydrogens is 440 g/mol. The lowest BCUT2D eigenvalue weighted by molar-refractivity contribution is -0.159. The summed E-state index contributed by atoms with van der Waals surface area (Å²) in [5.74, 6) is -3.02. The zero-order valence-corrected chi connectivity index (χ0v) is 19.6. The lowest BCUT2D eigenvalue weighted by atomic mass is 10.0. The maximum atomic E-state index is 12.4. The molecule has 0 bridgehead atoms. The second kappa shape index (κ2) is 16.4. The number of carboxylic acid groups (broad SMARTS) is 2. The van der Waals surface area contributed by atoms with E-state index in [-0.39, 0.29) is 12.4 Å². The molecule has 0 saturated carbocycles. The minimum atomic E-state index is -1.82. The molecule has 0 heterocycles. The molecule has 9 heteroatoms. The molecule has 0 amide bonds. The number of ketones is 1. The maximum Gasteiger partial charge on any atom is 0.414 e. The number of carbonyl (C=O) groups is 3. The van der Waals surface area contributed by atoms with Crippen molar-refractivity contribution in [2.45, 2.75) is 26.4 Å². The van der Waals surface area contributed by atoms with Gasteiger partial charge in [-0.15, -0.1) is 0 Å². The smallest absolute Gasteiger partial charge is 0.414 e. The van der Waals surface area contributed by atoms with Crippen LogP contribution in [0, 0.1) is 0 Å². The predicted molar refractivity (Wildman–Crippen MR) is 128 cm³/mol. The summed E-state index contributed by atoms with van der Waals surface area (Å²) in [5, 5.41) is 28.1. The van der Waals surface area contributed by atoms with E-state index in [0.29, 0.717) is 23.4 Å². The molecule has 0 radical (unpaired) electrons. The van der Waals surface area contributed by atoms with Crippen LogP contribution in [0.25, 0.3) is 0 Å². The molecule has 2 rings (SSSR count). The minimum Gasteiger partial charge on any atom is -0.491 e. The van der Waals surface area contributed by atoms with Crippen LogP contribution in [0.3, 0.4) is 0 Å². The molecule has 0 aliphatic carbocycles. The molecule has 2 aromatic carbocycles. The maximum absolute atomic E-state index is 12.4. The van der Waals surface area contributed by atoms with Gasteiger partial charge in [0.1, 0.15) is 18.5 Å². The number of nitrogens with one attached hydrogen (secondary N) is 1. The summed E-state index contributed by atoms with van der Waals surface area (Å²) in [6, 6.07) is 16.2. The summed E-state index contributed by atoms with van der Waals surface area (Å²) in [4.78, 5) is 33.0. The Balaban J connectivity index is 0.000000852. The highest BCUT2D eigenvalue weighted by molar-refractivity contribution is 6.27. The van der Waals surface area contributed by atoms with E-state index >= 15 is 0 Å². The molecule has 0 spiro atoms. The summed E-state index contributed by atoms with van der Waals surface area (Å²) < 4.78 is 5.63. The van der Waals surface area contributed by atoms with E-state index in [1.807, 2.05) is 18.2 Å². The molecule has 4 N–H and O–H groups in total. The van der Waals surface area contributed by atoms with Crippen molar-refractivity contribution >= 4 is 17.7 Å². The van der Waals surface area contributed by atoms with Gasteiger partial charge in [0.2, 0.25) is 0 Å². The molecule has 0 fully saturated rings. The van der Waals surface area contributed by atoms with Crippen LogP contribution >= 0.6 is 0 Å². The molecule has 34 heavy (non-hydrogen) atoms. The number of nitrogens with zero attached hydrogens (tertiary/aromatic N) is 1. The number of aliphatic carboxylic acids is 2. The molecule has 1 unspecified atom stereocenters. The van der Waals surface area contributed by atoms with Crippen LogP contribution in [-0.4, -0.2) is 83.4 Å². The monoisotopic (exact) mass is 474 g/mol. The quantitative estimate of drug-likeness (QED) is 0.195. The summed E-state index contributed by atoms with van der Waals surface area (Å²) in [6.07, 6.45) is 0.491. The normalized spacial score (nSPS) is 11.3. The lowest BCUT2D eigenvalue weighted by Crippen LogP contribution is -2.33. The largest absolute Gasteiger partial charge is 0.491 e. The molecule has 186 valence electrons. The van der Waals surface area contributed by atoms with Gasteiger partial charge in [0, 0.05) is 17.7 Å². The van der Waals surface area contributed by atoms with Gasteiger partial charge in [0.25, 0.3) is 0 Å². The third-order valence-electron chi connectivity index (χ3n) is 4.88. The number of carboxylic acids is 2. The highest BCUT2D eigenvalue weighted by atomic mass is 16.5. The van der Waals surface area contributed by atoms with Gasteiger partial charge in [-0.2, -0.15) is 0 Å². The fourth-order valence-electron chi connectivity index (χ4n) is 2.95. The van der Waals surface area contributed by atoms with E-state index in [4.69, 9.17) is 24.5 Å². The third-order valence-corrected chi connectivity index (χ3v) is 4.88. The van der Waals surface area contributed by atoms with Crippen molar-refractivity contribution in [1.29, 1.82) is 0 Å². The summed E-state index contributed by atoms with van der Waals surface area (Å²) in [7, 11) is 0. The van der Waals surface area contributed by atoms with E-state index in [1.54, 1.807) is 36.4 Å². The summed E-state index contributed by atoms with van der Waals surface area (Å²) in [5.41, 5.74) is 1.28. The molecule has 0 aliphatic heterocycles. The molecule has 0 aromatic heterocycles. The molecule has 0 aliphatic rings. The average Bonchev–Trinajstić information content (AvgIpc) is 2.85. The first kappa shape index (κ1) is 28.8. The Labute approximate surface area is 200 Å². The van der Waals surface area contributed by atoms with E-state index in [9.17, 15) is 9.90 Å². The highest BCUT2D eigenvalue weighted by Crippen LogP contribution is 2.15. The van der Waals surface area contributed by atoms with Crippen LogP contribution in [-0.2, 0) is 9.59 Å². The van der Waals surface area contributed by atoms with Crippen molar-refractivity contribution in [3.8, 4) is 5.75 Å². The number of carbonyl (C=O) groups excluding carboxylic acids is 1. The zero-order valence-electron chi connectivity index (χ0n) is 19.6. The fraction of sp³-hybridized carbons (Fsp3) is 0.400. The van der Waals surface area contributed by atoms with Crippen molar-refractivity contribution in [3.05, 3.63) is 65.7 Å². The average molecular weight is 475 g/mol. The van der Waals surface area contributed by atoms with E-state index in [0.717, 1.165) is 32.6 Å². The zero-order chi connectivity index (χ0) is 25.3. The minimum absolute atomic E-state index is 0.0129. The van der Waals surface area contributed by atoms with Gasteiger partial charge in [0.05, 0.1) is 0 Å². The van der Waals surface area contributed by atoms with Crippen molar-refractivity contribution in [3.63, 3.8) is 0 Å². The Hall–Kier alpha value is -3.27. The molecule has 1 atom stereocenters. The Kier molecular flexibility index (Phi) is 13.8. The Morgan fingerprint density at radius 3 is 2.00 bits per heavy atom. The van der Waals surface area contributed by atoms with Gasteiger partial charge in [-0.05, 0) is 56.9 Å². The van der Waals surface area contributed by atoms with Crippen LogP contribution in [0.1, 0.15) is 36.2 Å². The number of ether oxygens (including phenoxy) is 1. The SMILES string of the molecule is CCN(CC)CCCNCC(O)COc1ccc(C(=O)c2ccccc2)cc1.O=C(O)C(=O)O. The predicted octanol–water partition coefficient (Wildman–Crippen LogP) is 2.13. The first-order valence-electron chi connectivity index (χ1n) is 11.2. The van der Waals surface area contributed by atoms with Gasteiger partial charge in [0.15, 0.2) is 5.78 Å². The van der Waals surface area contributed by atoms with Crippen LogP contribution in [0.2, 0.25) is 0 Å². The molecule has 2 aromatic rings. The van der Waals surface area contributed by atoms with E-state index in [1.165, 1.54) is 0 Å². The number of rotatable bonds is 13. The van der Waals surface area contributed by atoms with Gasteiger partial charge >= 0.3 is 11.9 Å². The highest BCUT2D eigenvalue weighted by Gasteiger charge is 2.09. The number of hydrogen-bond acceptors (Lipinski definition) is 7. The van der Waals surface area contributed by atoms with Crippen molar-refractivity contribution in [2.24, 2.45) is 0 Å². The first-order chi connectivity index (χ1) is 16.3. The first-order valence-corrected chi connectivity index (χ1v) is 11.2. The van der Waals surface area contributed by atoms with Crippen molar-refractivity contribution in [1.82, 2.24) is 10.2 Å². The second-order valence-electron chi connectivity index (χ2n) is 7.38. The van der Waals surface area contributed by atoms with Gasteiger partial charge in [-0.3, -0.25) is 4.79 Å². The Morgan fingerprint density at radius 2 is 1.47 bits per heavy atom. The lowest BCUT2D eigenvalue weighted by Gasteiger charge is -2.18. The van der Waals surface area contributed by atoms with Crippen LogP contribution in [0.5, 0.6) is 5.75 Å². The third kappa shape index (κ3) is 11.6.